The van der Waals surface area contributed by atoms with Gasteiger partial charge in [-0.15, -0.1) is 0 Å². The molecule has 0 aliphatic heterocycles. The molecule has 0 heterocycles. The van der Waals surface area contributed by atoms with E-state index in [1.807, 2.05) is 0 Å². The normalized spacial score (nSPS) is 31.7. The van der Waals surface area contributed by atoms with Crippen molar-refractivity contribution >= 4 is 5.97 Å². The van der Waals surface area contributed by atoms with Crippen LogP contribution in [-0.4, -0.2) is 30.8 Å². The molecule has 4 unspecified atom stereocenters. The van der Waals surface area contributed by atoms with E-state index in [2.05, 4.69) is 13.8 Å². The Hall–Kier alpha value is -0.610. The van der Waals surface area contributed by atoms with E-state index in [4.69, 9.17) is 15.2 Å². The lowest BCUT2D eigenvalue weighted by atomic mass is 9.80. The van der Waals surface area contributed by atoms with Crippen molar-refractivity contribution in [2.45, 2.75) is 58.6 Å². The van der Waals surface area contributed by atoms with Crippen molar-refractivity contribution in [3.05, 3.63) is 0 Å². The summed E-state index contributed by atoms with van der Waals surface area (Å²) in [6, 6.07) is 0. The molecule has 0 aromatic carbocycles. The van der Waals surface area contributed by atoms with Crippen LogP contribution in [0.5, 0.6) is 0 Å². The van der Waals surface area contributed by atoms with E-state index < -0.39 is 5.54 Å². The van der Waals surface area contributed by atoms with E-state index >= 15 is 0 Å². The van der Waals surface area contributed by atoms with E-state index in [0.29, 0.717) is 12.5 Å². The SMILES string of the molecule is CCOC(=O)C(C)(N)COC1CCC(C)C(C)C1. The smallest absolute Gasteiger partial charge is 0.328 e. The first kappa shape index (κ1) is 15.4. The minimum absolute atomic E-state index is 0.230. The standard InChI is InChI=1S/C14H27NO3/c1-5-17-13(16)14(4,15)9-18-12-7-6-10(2)11(3)8-12/h10-12H,5-9,15H2,1-4H3. The number of hydrogen-bond acceptors (Lipinski definition) is 4. The summed E-state index contributed by atoms with van der Waals surface area (Å²) in [5.74, 6) is 1.05. The van der Waals surface area contributed by atoms with Crippen LogP contribution < -0.4 is 5.73 Å². The Bertz CT molecular complexity index is 278. The fourth-order valence-corrected chi connectivity index (χ4v) is 2.30. The maximum absolute atomic E-state index is 11.6. The summed E-state index contributed by atoms with van der Waals surface area (Å²) in [7, 11) is 0. The molecule has 4 nitrogen and oxygen atoms in total. The highest BCUT2D eigenvalue weighted by molar-refractivity contribution is 5.80. The van der Waals surface area contributed by atoms with Crippen molar-refractivity contribution < 1.29 is 14.3 Å². The number of hydrogen-bond donors (Lipinski definition) is 1. The fourth-order valence-electron chi connectivity index (χ4n) is 2.30. The number of nitrogens with two attached hydrogens (primary N) is 1. The molecule has 1 fully saturated rings. The summed E-state index contributed by atoms with van der Waals surface area (Å²) in [5, 5.41) is 0. The lowest BCUT2D eigenvalue weighted by Gasteiger charge is -2.33. The molecule has 1 aliphatic rings. The van der Waals surface area contributed by atoms with Gasteiger partial charge in [-0.2, -0.15) is 0 Å². The summed E-state index contributed by atoms with van der Waals surface area (Å²) >= 11 is 0. The molecule has 4 heteroatoms. The maximum Gasteiger partial charge on any atom is 0.328 e. The summed E-state index contributed by atoms with van der Waals surface area (Å²) in [6.45, 7) is 8.57. The van der Waals surface area contributed by atoms with Crippen LogP contribution in [0.4, 0.5) is 0 Å². The van der Waals surface area contributed by atoms with Crippen molar-refractivity contribution in [3.63, 3.8) is 0 Å². The zero-order chi connectivity index (χ0) is 13.8. The number of carbonyl (C=O) groups excluding carboxylic acids is 1. The van der Waals surface area contributed by atoms with Gasteiger partial charge in [0.15, 0.2) is 0 Å². The summed E-state index contributed by atoms with van der Waals surface area (Å²) in [4.78, 5) is 11.6. The van der Waals surface area contributed by atoms with Crippen molar-refractivity contribution in [1.82, 2.24) is 0 Å². The number of carbonyl (C=O) groups is 1. The maximum atomic E-state index is 11.6. The Morgan fingerprint density at radius 2 is 2.00 bits per heavy atom. The molecule has 2 N–H and O–H groups in total. The molecule has 106 valence electrons. The van der Waals surface area contributed by atoms with Gasteiger partial charge in [0.2, 0.25) is 0 Å². The topological polar surface area (TPSA) is 61.5 Å². The van der Waals surface area contributed by atoms with Gasteiger partial charge < -0.3 is 15.2 Å². The third kappa shape index (κ3) is 4.25. The second-order valence-electron chi connectivity index (χ2n) is 5.84. The molecular formula is C14H27NO3. The fraction of sp³-hybridized carbons (Fsp3) is 0.929. The summed E-state index contributed by atoms with van der Waals surface area (Å²) in [5.41, 5.74) is 4.89. The largest absolute Gasteiger partial charge is 0.465 e. The van der Waals surface area contributed by atoms with E-state index in [0.717, 1.165) is 18.8 Å². The van der Waals surface area contributed by atoms with Gasteiger partial charge in [0.25, 0.3) is 0 Å². The first-order valence-corrected chi connectivity index (χ1v) is 6.94. The van der Waals surface area contributed by atoms with Crippen LogP contribution in [-0.2, 0) is 14.3 Å². The van der Waals surface area contributed by atoms with Crippen LogP contribution in [0, 0.1) is 11.8 Å². The van der Waals surface area contributed by atoms with Crippen molar-refractivity contribution in [3.8, 4) is 0 Å². The molecule has 0 radical (unpaired) electrons. The van der Waals surface area contributed by atoms with Crippen molar-refractivity contribution in [2.75, 3.05) is 13.2 Å². The van der Waals surface area contributed by atoms with E-state index in [1.54, 1.807) is 13.8 Å². The van der Waals surface area contributed by atoms with Gasteiger partial charge in [-0.1, -0.05) is 13.8 Å². The van der Waals surface area contributed by atoms with Crippen LogP contribution >= 0.6 is 0 Å². The lowest BCUT2D eigenvalue weighted by molar-refractivity contribution is -0.152. The van der Waals surface area contributed by atoms with Crippen LogP contribution in [0.1, 0.15) is 47.0 Å². The van der Waals surface area contributed by atoms with E-state index in [1.165, 1.54) is 6.42 Å². The Labute approximate surface area is 110 Å². The molecule has 1 aliphatic carbocycles. The Morgan fingerprint density at radius 3 is 2.56 bits per heavy atom. The van der Waals surface area contributed by atoms with Gasteiger partial charge in [-0.3, -0.25) is 0 Å². The monoisotopic (exact) mass is 257 g/mol. The number of rotatable bonds is 5. The quantitative estimate of drug-likeness (QED) is 0.766. The van der Waals surface area contributed by atoms with Crippen LogP contribution in [0.15, 0.2) is 0 Å². The lowest BCUT2D eigenvalue weighted by Crippen LogP contribution is -2.51. The van der Waals surface area contributed by atoms with Gasteiger partial charge in [0.05, 0.1) is 19.3 Å². The Balaban J connectivity index is 2.38. The van der Waals surface area contributed by atoms with Crippen LogP contribution in [0.25, 0.3) is 0 Å². The van der Waals surface area contributed by atoms with Crippen molar-refractivity contribution in [2.24, 2.45) is 17.6 Å². The highest BCUT2D eigenvalue weighted by atomic mass is 16.5. The van der Waals surface area contributed by atoms with Gasteiger partial charge in [0, 0.05) is 0 Å². The molecule has 0 aromatic heterocycles. The van der Waals surface area contributed by atoms with Gasteiger partial charge in [-0.05, 0) is 44.9 Å². The first-order valence-electron chi connectivity index (χ1n) is 6.94. The highest BCUT2D eigenvalue weighted by Gasteiger charge is 2.33. The second-order valence-corrected chi connectivity index (χ2v) is 5.84. The third-order valence-corrected chi connectivity index (χ3v) is 3.91. The first-order chi connectivity index (χ1) is 8.36. The Morgan fingerprint density at radius 1 is 1.33 bits per heavy atom. The molecule has 0 amide bonds. The average Bonchev–Trinajstić information content (AvgIpc) is 2.31. The van der Waals surface area contributed by atoms with E-state index in [9.17, 15) is 4.79 Å². The van der Waals surface area contributed by atoms with Gasteiger partial charge in [0.1, 0.15) is 5.54 Å². The van der Waals surface area contributed by atoms with E-state index in [-0.39, 0.29) is 18.7 Å². The molecule has 0 aromatic rings. The van der Waals surface area contributed by atoms with Crippen LogP contribution in [0.3, 0.4) is 0 Å². The Kier molecular flexibility index (Phi) is 5.60. The highest BCUT2D eigenvalue weighted by Crippen LogP contribution is 2.31. The predicted octanol–water partition coefficient (Wildman–Crippen LogP) is 2.11. The molecule has 1 saturated carbocycles. The minimum Gasteiger partial charge on any atom is -0.465 e. The molecule has 4 atom stereocenters. The molecule has 0 spiro atoms. The third-order valence-electron chi connectivity index (χ3n) is 3.91. The van der Waals surface area contributed by atoms with Crippen LogP contribution in [0.2, 0.25) is 0 Å². The zero-order valence-electron chi connectivity index (χ0n) is 12.1. The molecular weight excluding hydrogens is 230 g/mol. The average molecular weight is 257 g/mol. The molecule has 0 bridgehead atoms. The van der Waals surface area contributed by atoms with Gasteiger partial charge in [-0.25, -0.2) is 4.79 Å². The zero-order valence-corrected chi connectivity index (χ0v) is 12.1. The minimum atomic E-state index is -1.04. The second kappa shape index (κ2) is 6.53. The molecule has 0 saturated heterocycles. The summed E-state index contributed by atoms with van der Waals surface area (Å²) in [6.07, 6.45) is 3.53. The summed E-state index contributed by atoms with van der Waals surface area (Å²) < 4.78 is 10.7. The predicted molar refractivity (Wildman–Crippen MR) is 71.1 cm³/mol. The number of esters is 1. The number of ether oxygens (including phenoxy) is 2. The molecule has 1 rings (SSSR count). The molecule has 18 heavy (non-hydrogen) atoms. The van der Waals surface area contributed by atoms with Gasteiger partial charge >= 0.3 is 5.97 Å². The van der Waals surface area contributed by atoms with Crippen molar-refractivity contribution in [1.29, 1.82) is 0 Å².